The van der Waals surface area contributed by atoms with Gasteiger partial charge in [0.2, 0.25) is 5.89 Å². The van der Waals surface area contributed by atoms with E-state index >= 15 is 0 Å². The van der Waals surface area contributed by atoms with E-state index < -0.39 is 6.61 Å². The van der Waals surface area contributed by atoms with Crippen LogP contribution >= 0.6 is 0 Å². The number of aryl methyl sites for hydroxylation is 1. The molecule has 0 amide bonds. The molecule has 0 saturated heterocycles. The molecule has 2 aromatic heterocycles. The van der Waals surface area contributed by atoms with Crippen LogP contribution in [0.1, 0.15) is 5.56 Å². The Hall–Kier alpha value is -2.50. The molecule has 0 atom stereocenters. The van der Waals surface area contributed by atoms with Crippen LogP contribution in [-0.2, 0) is 0 Å². The van der Waals surface area contributed by atoms with E-state index in [1.54, 1.807) is 6.07 Å². The molecule has 1 aromatic carbocycles. The van der Waals surface area contributed by atoms with Crippen molar-refractivity contribution in [3.63, 3.8) is 0 Å². The molecule has 4 nitrogen and oxygen atoms in total. The molecule has 0 saturated carbocycles. The summed E-state index contributed by atoms with van der Waals surface area (Å²) in [6, 6.07) is 7.06. The van der Waals surface area contributed by atoms with Crippen LogP contribution in [0.2, 0.25) is 0 Å². The third-order valence-corrected chi connectivity index (χ3v) is 2.77. The third kappa shape index (κ3) is 2.32. The number of hydrogen-bond donors (Lipinski definition) is 0. The number of hydrogen-bond acceptors (Lipinski definition) is 4. The predicted molar refractivity (Wildman–Crippen MR) is 68.6 cm³/mol. The number of alkyl halides is 2. The lowest BCUT2D eigenvalue weighted by atomic mass is 10.2. The molecule has 0 unspecified atom stereocenters. The maximum absolute atomic E-state index is 12.4. The third-order valence-electron chi connectivity index (χ3n) is 2.77. The van der Waals surface area contributed by atoms with Gasteiger partial charge in [-0.05, 0) is 30.7 Å². The van der Waals surface area contributed by atoms with Gasteiger partial charge in [0, 0.05) is 6.20 Å². The van der Waals surface area contributed by atoms with Crippen molar-refractivity contribution in [2.24, 2.45) is 0 Å². The lowest BCUT2D eigenvalue weighted by molar-refractivity contribution is -0.0497. The highest BCUT2D eigenvalue weighted by Gasteiger charge is 2.16. The van der Waals surface area contributed by atoms with Gasteiger partial charge in [-0.25, -0.2) is 4.98 Å². The molecule has 0 radical (unpaired) electrons. The second-order valence-electron chi connectivity index (χ2n) is 4.24. The van der Waals surface area contributed by atoms with Gasteiger partial charge in [-0.3, -0.25) is 4.98 Å². The molecular formula is C14H10F2N2O2. The van der Waals surface area contributed by atoms with E-state index in [2.05, 4.69) is 14.7 Å². The van der Waals surface area contributed by atoms with Crippen molar-refractivity contribution in [2.45, 2.75) is 13.5 Å². The van der Waals surface area contributed by atoms with E-state index in [1.807, 2.05) is 19.1 Å². The van der Waals surface area contributed by atoms with Crippen LogP contribution in [0.4, 0.5) is 8.78 Å². The lowest BCUT2D eigenvalue weighted by Crippen LogP contribution is -2.03. The quantitative estimate of drug-likeness (QED) is 0.730. The van der Waals surface area contributed by atoms with Gasteiger partial charge in [0.25, 0.3) is 0 Å². The summed E-state index contributed by atoms with van der Waals surface area (Å²) in [5.74, 6) is 0.162. The van der Waals surface area contributed by atoms with Gasteiger partial charge in [-0.1, -0.05) is 6.07 Å². The highest BCUT2D eigenvalue weighted by atomic mass is 19.3. The Bertz CT molecular complexity index is 756. The smallest absolute Gasteiger partial charge is 0.387 e. The second-order valence-corrected chi connectivity index (χ2v) is 4.24. The minimum Gasteiger partial charge on any atom is -0.436 e. The van der Waals surface area contributed by atoms with Gasteiger partial charge in [0.15, 0.2) is 11.3 Å². The summed E-state index contributed by atoms with van der Waals surface area (Å²) in [5.41, 5.74) is 2.63. The zero-order valence-corrected chi connectivity index (χ0v) is 10.5. The van der Waals surface area contributed by atoms with Crippen LogP contribution in [0.5, 0.6) is 5.75 Å². The number of fused-ring (bicyclic) bond motifs is 1. The molecule has 0 bridgehead atoms. The van der Waals surface area contributed by atoms with Crippen molar-refractivity contribution in [2.75, 3.05) is 0 Å². The fourth-order valence-corrected chi connectivity index (χ4v) is 1.90. The molecule has 0 N–H and O–H groups in total. The van der Waals surface area contributed by atoms with Crippen LogP contribution in [0, 0.1) is 6.92 Å². The Morgan fingerprint density at radius 2 is 2.10 bits per heavy atom. The van der Waals surface area contributed by atoms with Gasteiger partial charge in [-0.2, -0.15) is 8.78 Å². The zero-order chi connectivity index (χ0) is 14.1. The molecule has 0 aliphatic rings. The van der Waals surface area contributed by atoms with E-state index in [0.717, 1.165) is 5.56 Å². The fourth-order valence-electron chi connectivity index (χ4n) is 1.90. The molecule has 0 spiro atoms. The highest BCUT2D eigenvalue weighted by Crippen LogP contribution is 2.31. The van der Waals surface area contributed by atoms with Gasteiger partial charge >= 0.3 is 6.61 Å². The van der Waals surface area contributed by atoms with Gasteiger partial charge in [0.1, 0.15) is 5.52 Å². The minimum absolute atomic E-state index is 0.0641. The number of benzene rings is 1. The Kier molecular flexibility index (Phi) is 3.06. The highest BCUT2D eigenvalue weighted by molar-refractivity contribution is 5.77. The standard InChI is InChI=1S/C14H10F2N2O2/c1-8-2-3-11-10(6-8)18-13(19-11)9-4-5-17-7-12(9)20-14(15)16/h2-7,14H,1H3. The number of nitrogens with zero attached hydrogens (tertiary/aromatic N) is 2. The molecule has 6 heteroatoms. The first-order chi connectivity index (χ1) is 9.63. The minimum atomic E-state index is -2.93. The number of ether oxygens (including phenoxy) is 1. The van der Waals surface area contributed by atoms with Gasteiger partial charge in [0.05, 0.1) is 11.8 Å². The van der Waals surface area contributed by atoms with Crippen molar-refractivity contribution in [1.82, 2.24) is 9.97 Å². The van der Waals surface area contributed by atoms with E-state index in [-0.39, 0.29) is 11.6 Å². The van der Waals surface area contributed by atoms with E-state index in [4.69, 9.17) is 4.42 Å². The summed E-state index contributed by atoms with van der Waals surface area (Å²) in [5, 5.41) is 0. The summed E-state index contributed by atoms with van der Waals surface area (Å²) >= 11 is 0. The molecule has 102 valence electrons. The van der Waals surface area contributed by atoms with Crippen molar-refractivity contribution in [3.05, 3.63) is 42.2 Å². The Balaban J connectivity index is 2.10. The van der Waals surface area contributed by atoms with Crippen molar-refractivity contribution < 1.29 is 17.9 Å². The largest absolute Gasteiger partial charge is 0.436 e. The number of pyridine rings is 1. The van der Waals surface area contributed by atoms with Crippen LogP contribution < -0.4 is 4.74 Å². The SMILES string of the molecule is Cc1ccc2oc(-c3ccncc3OC(F)F)nc2c1. The van der Waals surface area contributed by atoms with Crippen LogP contribution in [-0.4, -0.2) is 16.6 Å². The summed E-state index contributed by atoms with van der Waals surface area (Å²) in [6.45, 7) is -0.990. The maximum atomic E-state index is 12.4. The predicted octanol–water partition coefficient (Wildman–Crippen LogP) is 3.80. The van der Waals surface area contributed by atoms with Crippen molar-refractivity contribution in [3.8, 4) is 17.2 Å². The molecule has 2 heterocycles. The van der Waals surface area contributed by atoms with E-state index in [9.17, 15) is 8.78 Å². The average Bonchev–Trinajstić information content (AvgIpc) is 2.81. The van der Waals surface area contributed by atoms with E-state index in [1.165, 1.54) is 18.5 Å². The number of aromatic nitrogens is 2. The van der Waals surface area contributed by atoms with Crippen LogP contribution in [0.15, 0.2) is 41.1 Å². The topological polar surface area (TPSA) is 48.2 Å². The summed E-state index contributed by atoms with van der Waals surface area (Å²) < 4.78 is 34.7. The van der Waals surface area contributed by atoms with Gasteiger partial charge in [-0.15, -0.1) is 0 Å². The average molecular weight is 276 g/mol. The lowest BCUT2D eigenvalue weighted by Gasteiger charge is -2.06. The molecule has 0 fully saturated rings. The molecule has 0 aliphatic carbocycles. The van der Waals surface area contributed by atoms with Crippen molar-refractivity contribution in [1.29, 1.82) is 0 Å². The number of halogens is 2. The molecular weight excluding hydrogens is 266 g/mol. The summed E-state index contributed by atoms with van der Waals surface area (Å²) in [7, 11) is 0. The number of rotatable bonds is 3. The molecule has 3 aromatic rings. The Morgan fingerprint density at radius 1 is 1.25 bits per heavy atom. The zero-order valence-electron chi connectivity index (χ0n) is 10.5. The normalized spacial score (nSPS) is 11.2. The Morgan fingerprint density at radius 3 is 2.90 bits per heavy atom. The van der Waals surface area contributed by atoms with E-state index in [0.29, 0.717) is 16.7 Å². The molecule has 3 rings (SSSR count). The van der Waals surface area contributed by atoms with Crippen LogP contribution in [0.3, 0.4) is 0 Å². The monoisotopic (exact) mass is 276 g/mol. The summed E-state index contributed by atoms with van der Waals surface area (Å²) in [4.78, 5) is 8.06. The molecule has 20 heavy (non-hydrogen) atoms. The summed E-state index contributed by atoms with van der Waals surface area (Å²) in [6.07, 6.45) is 2.68. The maximum Gasteiger partial charge on any atom is 0.387 e. The first-order valence-electron chi connectivity index (χ1n) is 5.90. The first kappa shape index (κ1) is 12.5. The first-order valence-corrected chi connectivity index (χ1v) is 5.90. The van der Waals surface area contributed by atoms with Crippen molar-refractivity contribution >= 4 is 11.1 Å². The fraction of sp³-hybridized carbons (Fsp3) is 0.143. The second kappa shape index (κ2) is 4.88. The molecule has 0 aliphatic heterocycles. The van der Waals surface area contributed by atoms with Gasteiger partial charge < -0.3 is 9.15 Å². The Labute approximate surface area is 113 Å². The number of oxazole rings is 1. The van der Waals surface area contributed by atoms with Crippen LogP contribution in [0.25, 0.3) is 22.6 Å².